The highest BCUT2D eigenvalue weighted by Crippen LogP contribution is 2.34. The van der Waals surface area contributed by atoms with Gasteiger partial charge in [0.1, 0.15) is 11.2 Å². The summed E-state index contributed by atoms with van der Waals surface area (Å²) in [5, 5.41) is 7.63. The number of nitrogen functional groups attached to an aromatic ring is 1. The van der Waals surface area contributed by atoms with Gasteiger partial charge in [0.15, 0.2) is 17.4 Å². The summed E-state index contributed by atoms with van der Waals surface area (Å²) in [4.78, 5) is 17.2. The summed E-state index contributed by atoms with van der Waals surface area (Å²) in [5.74, 6) is 1.55. The van der Waals surface area contributed by atoms with Gasteiger partial charge in [-0.2, -0.15) is 11.3 Å². The molecule has 0 aliphatic carbocycles. The Kier molecular flexibility index (Phi) is 4.10. The first kappa shape index (κ1) is 16.4. The molecule has 5 rings (SSSR count). The number of rotatable bonds is 3. The summed E-state index contributed by atoms with van der Waals surface area (Å²) in [6.45, 7) is 2.09. The van der Waals surface area contributed by atoms with E-state index in [1.54, 1.807) is 11.3 Å². The molecule has 3 aromatic heterocycles. The minimum absolute atomic E-state index is 0.359. The molecule has 1 aliphatic heterocycles. The minimum Gasteiger partial charge on any atom is -0.369 e. The number of hydrogen-bond donors (Lipinski definition) is 3. The fourth-order valence-corrected chi connectivity index (χ4v) is 4.45. The van der Waals surface area contributed by atoms with Crippen LogP contribution in [0.25, 0.3) is 33.8 Å². The number of aromatic amines is 1. The molecule has 0 amide bonds. The third-order valence-corrected chi connectivity index (χ3v) is 5.78. The maximum atomic E-state index is 5.91. The molecular weight excluding hydrogens is 356 g/mol. The lowest BCUT2D eigenvalue weighted by atomic mass is 9.88. The predicted octanol–water partition coefficient (Wildman–Crippen LogP) is 3.80. The predicted molar refractivity (Wildman–Crippen MR) is 110 cm³/mol. The normalized spacial score (nSPS) is 17.4. The van der Waals surface area contributed by atoms with Crippen molar-refractivity contribution in [3.8, 4) is 22.6 Å². The van der Waals surface area contributed by atoms with Gasteiger partial charge < -0.3 is 16.0 Å². The van der Waals surface area contributed by atoms with Crippen LogP contribution in [0.2, 0.25) is 0 Å². The molecule has 4 heterocycles. The highest BCUT2D eigenvalue weighted by atomic mass is 32.1. The summed E-state index contributed by atoms with van der Waals surface area (Å²) < 4.78 is 0. The van der Waals surface area contributed by atoms with Gasteiger partial charge in [0.05, 0.1) is 0 Å². The smallest absolute Gasteiger partial charge is 0.199 e. The van der Waals surface area contributed by atoms with Crippen LogP contribution in [0, 0.1) is 0 Å². The summed E-state index contributed by atoms with van der Waals surface area (Å²) >= 11 is 1.64. The molecule has 1 fully saturated rings. The van der Waals surface area contributed by atoms with E-state index in [4.69, 9.17) is 15.7 Å². The van der Waals surface area contributed by atoms with Gasteiger partial charge in [-0.05, 0) is 42.3 Å². The van der Waals surface area contributed by atoms with Gasteiger partial charge in [0.2, 0.25) is 0 Å². The lowest BCUT2D eigenvalue weighted by molar-refractivity contribution is 0.462. The molecule has 4 N–H and O–H groups in total. The van der Waals surface area contributed by atoms with Crippen LogP contribution < -0.4 is 11.1 Å². The van der Waals surface area contributed by atoms with E-state index >= 15 is 0 Å². The number of nitrogens with one attached hydrogen (secondary N) is 2. The van der Waals surface area contributed by atoms with Crippen LogP contribution in [0.5, 0.6) is 0 Å². The van der Waals surface area contributed by atoms with E-state index in [0.29, 0.717) is 28.9 Å². The molecule has 0 saturated carbocycles. The molecule has 136 valence electrons. The number of fused-ring (bicyclic) bond motifs is 1. The Hall–Kier alpha value is -2.77. The average Bonchev–Trinajstić information content (AvgIpc) is 3.37. The minimum atomic E-state index is 0.359. The highest BCUT2D eigenvalue weighted by molar-refractivity contribution is 7.08. The topological polar surface area (TPSA) is 92.5 Å². The lowest BCUT2D eigenvalue weighted by Crippen LogP contribution is -2.28. The maximum Gasteiger partial charge on any atom is 0.199 e. The zero-order valence-corrected chi connectivity index (χ0v) is 15.6. The first-order chi connectivity index (χ1) is 13.3. The van der Waals surface area contributed by atoms with Crippen LogP contribution >= 0.6 is 11.3 Å². The van der Waals surface area contributed by atoms with Gasteiger partial charge in [-0.3, -0.25) is 0 Å². The highest BCUT2D eigenvalue weighted by Gasteiger charge is 2.21. The van der Waals surface area contributed by atoms with Crippen LogP contribution in [0.4, 0.5) is 5.95 Å². The van der Waals surface area contributed by atoms with Crippen LogP contribution in [0.3, 0.4) is 0 Å². The molecule has 27 heavy (non-hydrogen) atoms. The maximum absolute atomic E-state index is 5.91. The summed E-state index contributed by atoms with van der Waals surface area (Å²) in [7, 11) is 0. The average molecular weight is 376 g/mol. The van der Waals surface area contributed by atoms with E-state index in [9.17, 15) is 0 Å². The number of aromatic nitrogens is 4. The van der Waals surface area contributed by atoms with E-state index in [0.717, 1.165) is 29.9 Å². The Labute approximate surface area is 160 Å². The van der Waals surface area contributed by atoms with E-state index in [-0.39, 0.29) is 0 Å². The van der Waals surface area contributed by atoms with E-state index in [1.807, 2.05) is 11.4 Å². The number of imidazole rings is 1. The second kappa shape index (κ2) is 6.75. The molecule has 4 aromatic rings. The Morgan fingerprint density at radius 3 is 2.85 bits per heavy atom. The van der Waals surface area contributed by atoms with Gasteiger partial charge in [-0.1, -0.05) is 24.3 Å². The van der Waals surface area contributed by atoms with Crippen molar-refractivity contribution >= 4 is 28.4 Å². The summed E-state index contributed by atoms with van der Waals surface area (Å²) in [5.41, 5.74) is 11.5. The molecule has 0 bridgehead atoms. The van der Waals surface area contributed by atoms with Crippen LogP contribution in [-0.4, -0.2) is 33.0 Å². The number of benzene rings is 1. The Morgan fingerprint density at radius 2 is 2.04 bits per heavy atom. The molecule has 7 heteroatoms. The largest absolute Gasteiger partial charge is 0.369 e. The Balaban J connectivity index is 1.70. The molecule has 1 aliphatic rings. The number of nitrogens with zero attached hydrogens (tertiary/aromatic N) is 3. The number of thiophene rings is 1. The summed E-state index contributed by atoms with van der Waals surface area (Å²) in [6, 6.07) is 10.5. The second-order valence-electron chi connectivity index (χ2n) is 6.86. The lowest BCUT2D eigenvalue weighted by Gasteiger charge is -2.25. The van der Waals surface area contributed by atoms with Crippen molar-refractivity contribution in [2.45, 2.75) is 18.8 Å². The van der Waals surface area contributed by atoms with Crippen LogP contribution in [0.15, 0.2) is 41.1 Å². The third-order valence-electron chi connectivity index (χ3n) is 5.10. The molecule has 1 saturated heterocycles. The number of hydrogen-bond acceptors (Lipinski definition) is 6. The van der Waals surface area contributed by atoms with Gasteiger partial charge in [0, 0.05) is 23.1 Å². The standard InChI is InChI=1S/C20H20N6S/c21-20-24-17-16(13-7-9-27-11-13)23-18(25-19(17)26-20)15-6-2-1-5-14(15)12-4-3-8-22-10-12/h1-2,5-7,9,11-12,22H,3-4,8,10H2,(H3,21,23,24,25,26). The van der Waals surface area contributed by atoms with Crippen molar-refractivity contribution in [3.05, 3.63) is 46.7 Å². The van der Waals surface area contributed by atoms with Crippen molar-refractivity contribution in [3.63, 3.8) is 0 Å². The third kappa shape index (κ3) is 2.98. The SMILES string of the molecule is Nc1nc2c(-c3ccsc3)nc(-c3ccccc3C3CCCNC3)nc2[nH]1. The molecule has 1 aromatic carbocycles. The fourth-order valence-electron chi connectivity index (χ4n) is 3.81. The zero-order chi connectivity index (χ0) is 18.2. The van der Waals surface area contributed by atoms with Crippen molar-refractivity contribution in [2.75, 3.05) is 18.8 Å². The zero-order valence-electron chi connectivity index (χ0n) is 14.8. The molecule has 0 spiro atoms. The van der Waals surface area contributed by atoms with Crippen LogP contribution in [-0.2, 0) is 0 Å². The molecule has 6 nitrogen and oxygen atoms in total. The van der Waals surface area contributed by atoms with Crippen LogP contribution in [0.1, 0.15) is 24.3 Å². The number of H-pyrrole nitrogens is 1. The second-order valence-corrected chi connectivity index (χ2v) is 7.64. The summed E-state index contributed by atoms with van der Waals surface area (Å²) in [6.07, 6.45) is 2.37. The van der Waals surface area contributed by atoms with Gasteiger partial charge in [-0.25, -0.2) is 15.0 Å². The number of piperidine rings is 1. The van der Waals surface area contributed by atoms with E-state index < -0.39 is 0 Å². The molecule has 1 unspecified atom stereocenters. The quantitative estimate of drug-likeness (QED) is 0.506. The van der Waals surface area contributed by atoms with Crippen molar-refractivity contribution < 1.29 is 0 Å². The Bertz CT molecular complexity index is 1080. The van der Waals surface area contributed by atoms with E-state index in [2.05, 4.69) is 44.9 Å². The fraction of sp³-hybridized carbons (Fsp3) is 0.250. The number of anilines is 1. The first-order valence-electron chi connectivity index (χ1n) is 9.15. The monoisotopic (exact) mass is 376 g/mol. The van der Waals surface area contributed by atoms with Crippen molar-refractivity contribution in [2.24, 2.45) is 0 Å². The molecule has 0 radical (unpaired) electrons. The number of nitrogens with two attached hydrogens (primary N) is 1. The van der Waals surface area contributed by atoms with Crippen molar-refractivity contribution in [1.29, 1.82) is 0 Å². The first-order valence-corrected chi connectivity index (χ1v) is 10.1. The molecule has 1 atom stereocenters. The van der Waals surface area contributed by atoms with Crippen molar-refractivity contribution in [1.82, 2.24) is 25.3 Å². The van der Waals surface area contributed by atoms with E-state index in [1.165, 1.54) is 18.4 Å². The molecular formula is C20H20N6S. The van der Waals surface area contributed by atoms with Gasteiger partial charge >= 0.3 is 0 Å². The Morgan fingerprint density at radius 1 is 1.11 bits per heavy atom. The van der Waals surface area contributed by atoms with Gasteiger partial charge in [0.25, 0.3) is 0 Å². The van der Waals surface area contributed by atoms with Gasteiger partial charge in [-0.15, -0.1) is 0 Å².